The maximum Gasteiger partial charge on any atom is 0.0721 e. The summed E-state index contributed by atoms with van der Waals surface area (Å²) in [5.74, 6) is 0. The first-order chi connectivity index (χ1) is 10.1. The normalized spacial score (nSPS) is 11.0. The fourth-order valence-electron chi connectivity index (χ4n) is 2.06. The van der Waals surface area contributed by atoms with Gasteiger partial charge in [0.25, 0.3) is 0 Å². The Labute approximate surface area is 135 Å². The van der Waals surface area contributed by atoms with E-state index in [2.05, 4.69) is 71.5 Å². The number of nitrogens with one attached hydrogen (secondary N) is 1. The molecule has 0 fully saturated rings. The zero-order valence-electron chi connectivity index (χ0n) is 12.6. The fourth-order valence-corrected chi connectivity index (χ4v) is 2.51. The lowest BCUT2D eigenvalue weighted by Gasteiger charge is -2.10. The van der Waals surface area contributed by atoms with Gasteiger partial charge in [-0.25, -0.2) is 0 Å². The third kappa shape index (κ3) is 6.00. The third-order valence-electron chi connectivity index (χ3n) is 3.13. The maximum atomic E-state index is 5.80. The second-order valence-corrected chi connectivity index (χ2v) is 6.39. The average molecular weight is 348 g/mol. The predicted octanol–water partition coefficient (Wildman–Crippen LogP) is 4.66. The number of halogens is 1. The van der Waals surface area contributed by atoms with Crippen molar-refractivity contribution in [1.29, 1.82) is 0 Å². The van der Waals surface area contributed by atoms with E-state index >= 15 is 0 Å². The molecule has 0 unspecified atom stereocenters. The highest BCUT2D eigenvalue weighted by Crippen LogP contribution is 2.13. The van der Waals surface area contributed by atoms with E-state index in [1.54, 1.807) is 0 Å². The van der Waals surface area contributed by atoms with Crippen LogP contribution in [0, 0.1) is 0 Å². The van der Waals surface area contributed by atoms with Crippen molar-refractivity contribution >= 4 is 15.9 Å². The molecular formula is C18H22BrNO. The molecule has 2 aromatic rings. The Balaban J connectivity index is 1.84. The molecule has 0 aliphatic rings. The highest BCUT2D eigenvalue weighted by Gasteiger charge is 1.99. The summed E-state index contributed by atoms with van der Waals surface area (Å²) in [7, 11) is 0. The smallest absolute Gasteiger partial charge is 0.0721 e. The first-order valence-corrected chi connectivity index (χ1v) is 8.06. The molecule has 2 aromatic carbocycles. The van der Waals surface area contributed by atoms with E-state index in [0.717, 1.165) is 11.0 Å². The van der Waals surface area contributed by atoms with E-state index in [4.69, 9.17) is 4.74 Å². The Morgan fingerprint density at radius 2 is 1.57 bits per heavy atom. The van der Waals surface area contributed by atoms with Gasteiger partial charge >= 0.3 is 0 Å². The van der Waals surface area contributed by atoms with Crippen LogP contribution in [0.4, 0.5) is 0 Å². The first kappa shape index (κ1) is 16.2. The maximum absolute atomic E-state index is 5.80. The molecule has 0 heterocycles. The van der Waals surface area contributed by atoms with E-state index in [-0.39, 0.29) is 0 Å². The van der Waals surface area contributed by atoms with Gasteiger partial charge in [0.05, 0.1) is 13.2 Å². The Morgan fingerprint density at radius 1 is 0.952 bits per heavy atom. The zero-order valence-corrected chi connectivity index (χ0v) is 14.2. The van der Waals surface area contributed by atoms with Gasteiger partial charge in [-0.15, -0.1) is 0 Å². The largest absolute Gasteiger partial charge is 0.372 e. The van der Waals surface area contributed by atoms with E-state index in [1.165, 1.54) is 16.7 Å². The molecule has 0 aromatic heterocycles. The van der Waals surface area contributed by atoms with Crippen LogP contribution in [0.1, 0.15) is 30.5 Å². The van der Waals surface area contributed by atoms with Gasteiger partial charge in [-0.1, -0.05) is 66.2 Å². The summed E-state index contributed by atoms with van der Waals surface area (Å²) in [5, 5.41) is 3.43. The van der Waals surface area contributed by atoms with Crippen molar-refractivity contribution in [1.82, 2.24) is 5.32 Å². The molecule has 3 heteroatoms. The van der Waals surface area contributed by atoms with Crippen LogP contribution in [0.25, 0.3) is 0 Å². The van der Waals surface area contributed by atoms with Crippen LogP contribution in [0.5, 0.6) is 0 Å². The van der Waals surface area contributed by atoms with Crippen molar-refractivity contribution in [2.75, 3.05) is 0 Å². The molecule has 0 bridgehead atoms. The Kier molecular flexibility index (Phi) is 6.43. The van der Waals surface area contributed by atoms with Crippen LogP contribution in [0.15, 0.2) is 53.0 Å². The molecular weight excluding hydrogens is 326 g/mol. The molecule has 0 spiro atoms. The van der Waals surface area contributed by atoms with E-state index in [9.17, 15) is 0 Å². The molecule has 0 atom stereocenters. The van der Waals surface area contributed by atoms with Crippen LogP contribution < -0.4 is 5.32 Å². The molecule has 2 rings (SSSR count). The summed E-state index contributed by atoms with van der Waals surface area (Å²) in [4.78, 5) is 0. The van der Waals surface area contributed by atoms with E-state index in [1.807, 2.05) is 12.1 Å². The molecule has 1 N–H and O–H groups in total. The molecule has 21 heavy (non-hydrogen) atoms. The average Bonchev–Trinajstić information content (AvgIpc) is 2.46. The molecule has 0 aliphatic heterocycles. The molecule has 0 saturated heterocycles. The number of benzene rings is 2. The summed E-state index contributed by atoms with van der Waals surface area (Å²) in [5.41, 5.74) is 3.70. The number of hydrogen-bond donors (Lipinski definition) is 1. The Morgan fingerprint density at radius 3 is 2.24 bits per heavy atom. The van der Waals surface area contributed by atoms with Crippen LogP contribution in [-0.2, 0) is 24.5 Å². The minimum absolute atomic E-state index is 0.501. The first-order valence-electron chi connectivity index (χ1n) is 7.27. The van der Waals surface area contributed by atoms with Crippen molar-refractivity contribution in [2.45, 2.75) is 39.6 Å². The standard InChI is InChI=1S/C18H22BrNO/c1-14(2)20-11-15-5-3-6-16(9-15)12-21-13-17-7-4-8-18(19)10-17/h3-10,14,20H,11-13H2,1-2H3. The molecule has 2 nitrogen and oxygen atoms in total. The highest BCUT2D eigenvalue weighted by atomic mass is 79.9. The molecule has 112 valence electrons. The lowest BCUT2D eigenvalue weighted by molar-refractivity contribution is 0.107. The van der Waals surface area contributed by atoms with Crippen molar-refractivity contribution in [3.8, 4) is 0 Å². The summed E-state index contributed by atoms with van der Waals surface area (Å²) in [6.45, 7) is 6.49. The van der Waals surface area contributed by atoms with Crippen LogP contribution in [-0.4, -0.2) is 6.04 Å². The summed E-state index contributed by atoms with van der Waals surface area (Å²) in [6.07, 6.45) is 0. The lowest BCUT2D eigenvalue weighted by atomic mass is 10.1. The topological polar surface area (TPSA) is 21.3 Å². The van der Waals surface area contributed by atoms with E-state index < -0.39 is 0 Å². The summed E-state index contributed by atoms with van der Waals surface area (Å²) < 4.78 is 6.89. The molecule has 0 aliphatic carbocycles. The quantitative estimate of drug-likeness (QED) is 0.786. The van der Waals surface area contributed by atoms with Gasteiger partial charge in [-0.2, -0.15) is 0 Å². The predicted molar refractivity (Wildman–Crippen MR) is 91.1 cm³/mol. The monoisotopic (exact) mass is 347 g/mol. The van der Waals surface area contributed by atoms with Crippen molar-refractivity contribution < 1.29 is 4.74 Å². The van der Waals surface area contributed by atoms with Crippen molar-refractivity contribution in [3.63, 3.8) is 0 Å². The second kappa shape index (κ2) is 8.32. The van der Waals surface area contributed by atoms with Gasteiger partial charge in [0.2, 0.25) is 0 Å². The van der Waals surface area contributed by atoms with E-state index in [0.29, 0.717) is 19.3 Å². The van der Waals surface area contributed by atoms with Gasteiger partial charge in [0.1, 0.15) is 0 Å². The lowest BCUT2D eigenvalue weighted by Crippen LogP contribution is -2.21. The van der Waals surface area contributed by atoms with Crippen LogP contribution in [0.3, 0.4) is 0 Å². The molecule has 0 amide bonds. The molecule has 0 saturated carbocycles. The summed E-state index contributed by atoms with van der Waals surface area (Å²) >= 11 is 3.47. The van der Waals surface area contributed by atoms with Gasteiger partial charge in [0, 0.05) is 17.1 Å². The van der Waals surface area contributed by atoms with Gasteiger partial charge in [-0.3, -0.25) is 0 Å². The minimum Gasteiger partial charge on any atom is -0.372 e. The van der Waals surface area contributed by atoms with Crippen LogP contribution in [0.2, 0.25) is 0 Å². The Bertz CT molecular complexity index is 569. The minimum atomic E-state index is 0.501. The zero-order chi connectivity index (χ0) is 15.1. The highest BCUT2D eigenvalue weighted by molar-refractivity contribution is 9.10. The summed E-state index contributed by atoms with van der Waals surface area (Å²) in [6, 6.07) is 17.3. The SMILES string of the molecule is CC(C)NCc1cccc(COCc2cccc(Br)c2)c1. The van der Waals surface area contributed by atoms with Crippen molar-refractivity contribution in [2.24, 2.45) is 0 Å². The Hall–Kier alpha value is -1.16. The number of ether oxygens (including phenoxy) is 1. The number of rotatable bonds is 7. The van der Waals surface area contributed by atoms with Gasteiger partial charge < -0.3 is 10.1 Å². The molecule has 0 radical (unpaired) electrons. The third-order valence-corrected chi connectivity index (χ3v) is 3.63. The fraction of sp³-hybridized carbons (Fsp3) is 0.333. The van der Waals surface area contributed by atoms with Crippen LogP contribution >= 0.6 is 15.9 Å². The van der Waals surface area contributed by atoms with Gasteiger partial charge in [-0.05, 0) is 28.8 Å². The van der Waals surface area contributed by atoms with Crippen molar-refractivity contribution in [3.05, 3.63) is 69.7 Å². The second-order valence-electron chi connectivity index (χ2n) is 5.48. The number of hydrogen-bond acceptors (Lipinski definition) is 2. The van der Waals surface area contributed by atoms with Gasteiger partial charge in [0.15, 0.2) is 0 Å².